The Morgan fingerprint density at radius 2 is 1.97 bits per heavy atom. The molecule has 0 saturated carbocycles. The van der Waals surface area contributed by atoms with Crippen LogP contribution in [-0.4, -0.2) is 32.9 Å². The van der Waals surface area contributed by atoms with Crippen molar-refractivity contribution in [2.45, 2.75) is 43.5 Å². The second kappa shape index (κ2) is 8.36. The van der Waals surface area contributed by atoms with Gasteiger partial charge in [-0.25, -0.2) is 13.6 Å². The number of sulfonamides is 1. The van der Waals surface area contributed by atoms with Crippen LogP contribution >= 0.6 is 0 Å². The number of nitrogens with two attached hydrogens (primary N) is 1. The van der Waals surface area contributed by atoms with Gasteiger partial charge in [-0.15, -0.1) is 0 Å². The molecule has 1 aliphatic rings. The number of carbonyl (C=O) groups excluding carboxylic acids is 1. The molecule has 7 nitrogen and oxygen atoms in total. The summed E-state index contributed by atoms with van der Waals surface area (Å²) in [5, 5.41) is 6.27. The molecule has 2 aromatic carbocycles. The summed E-state index contributed by atoms with van der Waals surface area (Å²) in [6, 6.07) is 11.6. The summed E-state index contributed by atoms with van der Waals surface area (Å²) in [5.74, 6) is 1.46. The van der Waals surface area contributed by atoms with E-state index in [0.717, 1.165) is 42.4 Å². The van der Waals surface area contributed by atoms with Gasteiger partial charge in [-0.1, -0.05) is 12.1 Å². The van der Waals surface area contributed by atoms with Gasteiger partial charge in [0, 0.05) is 24.4 Å². The predicted molar refractivity (Wildman–Crippen MR) is 117 cm³/mol. The highest BCUT2D eigenvalue weighted by Crippen LogP contribution is 2.34. The minimum absolute atomic E-state index is 0.0192. The Bertz CT molecular complexity index is 1230. The zero-order chi connectivity index (χ0) is 22.2. The molecule has 1 amide bonds. The number of furan rings is 1. The van der Waals surface area contributed by atoms with Crippen LogP contribution in [0, 0.1) is 0 Å². The molecule has 1 unspecified atom stereocenters. The first kappa shape index (κ1) is 21.4. The molecule has 4 rings (SSSR count). The van der Waals surface area contributed by atoms with Crippen LogP contribution in [0.1, 0.15) is 42.7 Å². The molecule has 31 heavy (non-hydrogen) atoms. The normalized spacial score (nSPS) is 14.8. The number of fused-ring (bicyclic) bond motifs is 3. The number of likely N-dealkylation sites (N-methyl/N-ethyl adjacent to an activating group) is 1. The van der Waals surface area contributed by atoms with Crippen LogP contribution in [0.3, 0.4) is 0 Å². The summed E-state index contributed by atoms with van der Waals surface area (Å²) < 4.78 is 34.9. The SMILES string of the molecule is CC(c1cccc(S(N)(=O)=O)c1)N(C)C(=O)COc1ccc2oc3c(c2c1)CCCC3. The summed E-state index contributed by atoms with van der Waals surface area (Å²) in [7, 11) is -2.14. The number of aryl methyl sites for hydroxylation is 2. The maximum absolute atomic E-state index is 12.7. The topological polar surface area (TPSA) is 103 Å². The number of rotatable bonds is 6. The van der Waals surface area contributed by atoms with Crippen molar-refractivity contribution in [1.29, 1.82) is 0 Å². The van der Waals surface area contributed by atoms with Gasteiger partial charge >= 0.3 is 0 Å². The summed E-state index contributed by atoms with van der Waals surface area (Å²) in [5.41, 5.74) is 2.78. The van der Waals surface area contributed by atoms with E-state index in [1.165, 1.54) is 22.6 Å². The molecule has 0 radical (unpaired) electrons. The molecule has 1 aliphatic carbocycles. The Morgan fingerprint density at radius 1 is 1.19 bits per heavy atom. The molecule has 1 aromatic heterocycles. The van der Waals surface area contributed by atoms with E-state index in [2.05, 4.69) is 0 Å². The van der Waals surface area contributed by atoms with Gasteiger partial charge in [0.15, 0.2) is 6.61 Å². The molecule has 2 N–H and O–H groups in total. The first-order chi connectivity index (χ1) is 14.7. The van der Waals surface area contributed by atoms with Gasteiger partial charge in [0.25, 0.3) is 5.91 Å². The minimum atomic E-state index is -3.81. The van der Waals surface area contributed by atoms with Crippen LogP contribution in [0.2, 0.25) is 0 Å². The van der Waals surface area contributed by atoms with Crippen LogP contribution < -0.4 is 9.88 Å². The fourth-order valence-corrected chi connectivity index (χ4v) is 4.54. The molecule has 0 fully saturated rings. The monoisotopic (exact) mass is 442 g/mol. The predicted octanol–water partition coefficient (Wildman–Crippen LogP) is 3.56. The number of primary sulfonamides is 1. The Balaban J connectivity index is 1.45. The fourth-order valence-electron chi connectivity index (χ4n) is 3.97. The third-order valence-electron chi connectivity index (χ3n) is 5.93. The average molecular weight is 443 g/mol. The summed E-state index contributed by atoms with van der Waals surface area (Å²) in [4.78, 5) is 14.2. The number of ether oxygens (including phenoxy) is 1. The Morgan fingerprint density at radius 3 is 2.74 bits per heavy atom. The van der Waals surface area contributed by atoms with Crippen LogP contribution in [0.5, 0.6) is 5.75 Å². The van der Waals surface area contributed by atoms with Crippen molar-refractivity contribution in [1.82, 2.24) is 4.90 Å². The molecule has 0 spiro atoms. The second-order valence-corrected chi connectivity index (χ2v) is 9.52. The van der Waals surface area contributed by atoms with E-state index >= 15 is 0 Å². The van der Waals surface area contributed by atoms with Crippen molar-refractivity contribution < 1.29 is 22.4 Å². The number of nitrogens with zero attached hydrogens (tertiary/aromatic N) is 1. The molecule has 3 aromatic rings. The van der Waals surface area contributed by atoms with Gasteiger partial charge in [-0.3, -0.25) is 4.79 Å². The average Bonchev–Trinajstić information content (AvgIpc) is 3.14. The van der Waals surface area contributed by atoms with Crippen LogP contribution in [0.15, 0.2) is 51.8 Å². The van der Waals surface area contributed by atoms with Crippen LogP contribution in [0.25, 0.3) is 11.0 Å². The number of hydrogen-bond donors (Lipinski definition) is 1. The summed E-state index contributed by atoms with van der Waals surface area (Å²) in [6.45, 7) is 1.70. The van der Waals surface area contributed by atoms with E-state index < -0.39 is 10.0 Å². The molecular formula is C23H26N2O5S. The van der Waals surface area contributed by atoms with Gasteiger partial charge in [-0.2, -0.15) is 0 Å². The smallest absolute Gasteiger partial charge is 0.260 e. The van der Waals surface area contributed by atoms with E-state index in [-0.39, 0.29) is 23.5 Å². The summed E-state index contributed by atoms with van der Waals surface area (Å²) in [6.07, 6.45) is 4.27. The molecular weight excluding hydrogens is 416 g/mol. The highest BCUT2D eigenvalue weighted by atomic mass is 32.2. The largest absolute Gasteiger partial charge is 0.484 e. The lowest BCUT2D eigenvalue weighted by atomic mass is 9.96. The molecule has 8 heteroatoms. The van der Waals surface area contributed by atoms with Gasteiger partial charge in [-0.05, 0) is 62.1 Å². The Labute approximate surface area is 181 Å². The number of benzene rings is 2. The first-order valence-corrected chi connectivity index (χ1v) is 11.8. The lowest BCUT2D eigenvalue weighted by Gasteiger charge is -2.25. The van der Waals surface area contributed by atoms with Crippen molar-refractivity contribution in [2.75, 3.05) is 13.7 Å². The van der Waals surface area contributed by atoms with Crippen molar-refractivity contribution in [3.63, 3.8) is 0 Å². The van der Waals surface area contributed by atoms with Crippen molar-refractivity contribution in [2.24, 2.45) is 5.14 Å². The zero-order valence-electron chi connectivity index (χ0n) is 17.6. The lowest BCUT2D eigenvalue weighted by molar-refractivity contribution is -0.134. The number of hydrogen-bond acceptors (Lipinski definition) is 5. The maximum Gasteiger partial charge on any atom is 0.260 e. The second-order valence-electron chi connectivity index (χ2n) is 7.96. The summed E-state index contributed by atoms with van der Waals surface area (Å²) >= 11 is 0. The third kappa shape index (κ3) is 4.45. The zero-order valence-corrected chi connectivity index (χ0v) is 18.4. The van der Waals surface area contributed by atoms with Crippen molar-refractivity contribution >= 4 is 26.9 Å². The van der Waals surface area contributed by atoms with Crippen molar-refractivity contribution in [3.8, 4) is 5.75 Å². The van der Waals surface area contributed by atoms with E-state index in [9.17, 15) is 13.2 Å². The Hall–Kier alpha value is -2.84. The highest BCUT2D eigenvalue weighted by molar-refractivity contribution is 7.89. The standard InChI is InChI=1S/C23H26N2O5S/c1-15(16-6-5-7-18(12-16)31(24,27)28)25(2)23(26)14-29-17-10-11-22-20(13-17)19-8-3-4-9-21(19)30-22/h5-7,10-13,15H,3-4,8-9,14H2,1-2H3,(H2,24,27,28). The number of amides is 1. The van der Waals surface area contributed by atoms with E-state index in [0.29, 0.717) is 11.3 Å². The van der Waals surface area contributed by atoms with Gasteiger partial charge < -0.3 is 14.1 Å². The van der Waals surface area contributed by atoms with Gasteiger partial charge in [0.1, 0.15) is 17.1 Å². The molecule has 164 valence electrons. The molecule has 1 atom stereocenters. The Kier molecular flexibility index (Phi) is 5.77. The van der Waals surface area contributed by atoms with Gasteiger partial charge in [0.2, 0.25) is 10.0 Å². The van der Waals surface area contributed by atoms with E-state index in [4.69, 9.17) is 14.3 Å². The van der Waals surface area contributed by atoms with Crippen LogP contribution in [0.4, 0.5) is 0 Å². The molecule has 1 heterocycles. The fraction of sp³-hybridized carbons (Fsp3) is 0.348. The highest BCUT2D eigenvalue weighted by Gasteiger charge is 2.21. The van der Waals surface area contributed by atoms with Gasteiger partial charge in [0.05, 0.1) is 10.9 Å². The quantitative estimate of drug-likeness (QED) is 0.629. The lowest BCUT2D eigenvalue weighted by Crippen LogP contribution is -2.33. The number of carbonyl (C=O) groups is 1. The molecule has 0 bridgehead atoms. The minimum Gasteiger partial charge on any atom is -0.484 e. The molecule has 0 aliphatic heterocycles. The third-order valence-corrected chi connectivity index (χ3v) is 6.84. The van der Waals surface area contributed by atoms with Crippen molar-refractivity contribution in [3.05, 3.63) is 59.4 Å². The van der Waals surface area contributed by atoms with Crippen LogP contribution in [-0.2, 0) is 27.7 Å². The first-order valence-electron chi connectivity index (χ1n) is 10.3. The van der Waals surface area contributed by atoms with E-state index in [1.54, 1.807) is 19.2 Å². The van der Waals surface area contributed by atoms with E-state index in [1.807, 2.05) is 25.1 Å². The molecule has 0 saturated heterocycles. The maximum atomic E-state index is 12.7.